The summed E-state index contributed by atoms with van der Waals surface area (Å²) in [6.07, 6.45) is 2.33. The van der Waals surface area contributed by atoms with E-state index in [1.807, 2.05) is 26.0 Å². The Bertz CT molecular complexity index is 950. The van der Waals surface area contributed by atoms with E-state index in [-0.39, 0.29) is 11.7 Å². The molecule has 0 atom stereocenters. The van der Waals surface area contributed by atoms with E-state index in [1.165, 1.54) is 0 Å². The molecule has 4 heterocycles. The number of carbonyl (C=O) groups excluding carboxylic acids is 1. The van der Waals surface area contributed by atoms with Crippen LogP contribution in [0.15, 0.2) is 18.3 Å². The first-order valence-electron chi connectivity index (χ1n) is 8.22. The number of aromatic nitrogens is 6. The summed E-state index contributed by atoms with van der Waals surface area (Å²) in [5, 5.41) is 15.8. The smallest absolute Gasteiger partial charge is 0.293 e. The molecule has 0 bridgehead atoms. The van der Waals surface area contributed by atoms with Gasteiger partial charge in [-0.15, -0.1) is 10.2 Å². The number of nitrogens with zero attached hydrogens (tertiary/aromatic N) is 7. The highest BCUT2D eigenvalue weighted by molar-refractivity contribution is 5.91. The zero-order valence-corrected chi connectivity index (χ0v) is 14.1. The summed E-state index contributed by atoms with van der Waals surface area (Å²) in [4.78, 5) is 23.0. The zero-order chi connectivity index (χ0) is 17.4. The number of nitrogens with one attached hydrogen (secondary N) is 1. The van der Waals surface area contributed by atoms with Crippen molar-refractivity contribution in [1.29, 1.82) is 0 Å². The molecule has 1 N–H and O–H groups in total. The third-order valence-corrected chi connectivity index (χ3v) is 4.21. The lowest BCUT2D eigenvalue weighted by Gasteiger charge is -2.27. The normalized spacial score (nSPS) is 13.8. The Balaban J connectivity index is 1.60. The maximum absolute atomic E-state index is 12.8. The van der Waals surface area contributed by atoms with Gasteiger partial charge in [-0.3, -0.25) is 4.79 Å². The van der Waals surface area contributed by atoms with Gasteiger partial charge in [-0.2, -0.15) is 10.1 Å². The van der Waals surface area contributed by atoms with Crippen LogP contribution in [-0.2, 0) is 13.0 Å². The van der Waals surface area contributed by atoms with Gasteiger partial charge in [-0.25, -0.2) is 9.50 Å². The van der Waals surface area contributed by atoms with Gasteiger partial charge in [0.15, 0.2) is 0 Å². The molecule has 0 saturated carbocycles. The number of hydrogen-bond acceptors (Lipinski definition) is 7. The molecule has 25 heavy (non-hydrogen) atoms. The van der Waals surface area contributed by atoms with Gasteiger partial charge in [0.1, 0.15) is 5.82 Å². The third-order valence-electron chi connectivity index (χ3n) is 4.21. The first kappa shape index (κ1) is 15.4. The number of aryl methyl sites for hydroxylation is 1. The topological polar surface area (TPSA) is 101 Å². The van der Waals surface area contributed by atoms with Crippen molar-refractivity contribution < 1.29 is 4.79 Å². The molecule has 0 unspecified atom stereocenters. The van der Waals surface area contributed by atoms with E-state index in [1.54, 1.807) is 15.6 Å². The molecule has 1 aliphatic heterocycles. The molecular formula is C16H18N8O. The number of carbonyl (C=O) groups is 1. The van der Waals surface area contributed by atoms with Crippen LogP contribution in [0.3, 0.4) is 0 Å². The summed E-state index contributed by atoms with van der Waals surface area (Å²) in [5.74, 6) is 1.12. The lowest BCUT2D eigenvalue weighted by molar-refractivity contribution is 0.0721. The van der Waals surface area contributed by atoms with Gasteiger partial charge in [0, 0.05) is 37.9 Å². The molecule has 1 amide bonds. The van der Waals surface area contributed by atoms with Crippen LogP contribution in [0, 0.1) is 6.92 Å². The van der Waals surface area contributed by atoms with Crippen LogP contribution in [0.2, 0.25) is 0 Å². The van der Waals surface area contributed by atoms with Crippen molar-refractivity contribution in [2.45, 2.75) is 26.8 Å². The van der Waals surface area contributed by atoms with E-state index in [0.717, 1.165) is 29.3 Å². The largest absolute Gasteiger partial charge is 0.369 e. The van der Waals surface area contributed by atoms with Crippen molar-refractivity contribution in [2.75, 3.05) is 18.4 Å². The highest BCUT2D eigenvalue weighted by Gasteiger charge is 2.26. The van der Waals surface area contributed by atoms with E-state index in [9.17, 15) is 4.79 Å². The van der Waals surface area contributed by atoms with Crippen molar-refractivity contribution in [3.8, 4) is 0 Å². The summed E-state index contributed by atoms with van der Waals surface area (Å²) in [6.45, 7) is 5.72. The lowest BCUT2D eigenvalue weighted by Crippen LogP contribution is -2.37. The van der Waals surface area contributed by atoms with Gasteiger partial charge in [0.2, 0.25) is 5.82 Å². The molecule has 3 aromatic heterocycles. The maximum atomic E-state index is 12.8. The lowest BCUT2D eigenvalue weighted by atomic mass is 10.1. The van der Waals surface area contributed by atoms with Crippen LogP contribution in [0.25, 0.3) is 5.78 Å². The summed E-state index contributed by atoms with van der Waals surface area (Å²) in [5.41, 5.74) is 2.82. The van der Waals surface area contributed by atoms with E-state index in [0.29, 0.717) is 25.3 Å². The molecule has 0 aromatic carbocycles. The molecule has 0 fully saturated rings. The Labute approximate surface area is 144 Å². The molecule has 0 radical (unpaired) electrons. The van der Waals surface area contributed by atoms with Crippen LogP contribution >= 0.6 is 0 Å². The SMILES string of the molecule is CCNc1cc2c(nn1)CCN(C(=O)c1nc3nccc(C)n3n1)C2. The summed E-state index contributed by atoms with van der Waals surface area (Å²) in [7, 11) is 0. The minimum absolute atomic E-state index is 0.166. The average Bonchev–Trinajstić information content (AvgIpc) is 3.06. The Kier molecular flexibility index (Phi) is 3.75. The van der Waals surface area contributed by atoms with Crippen LogP contribution in [0.4, 0.5) is 5.82 Å². The minimum Gasteiger partial charge on any atom is -0.369 e. The van der Waals surface area contributed by atoms with Crippen LogP contribution in [-0.4, -0.2) is 53.7 Å². The van der Waals surface area contributed by atoms with Crippen LogP contribution in [0.5, 0.6) is 0 Å². The molecule has 128 valence electrons. The molecule has 3 aromatic rings. The Morgan fingerprint density at radius 2 is 2.24 bits per heavy atom. The molecule has 1 aliphatic rings. The van der Waals surface area contributed by atoms with Gasteiger partial charge in [0.05, 0.1) is 5.69 Å². The second kappa shape index (κ2) is 6.08. The van der Waals surface area contributed by atoms with E-state index in [4.69, 9.17) is 0 Å². The van der Waals surface area contributed by atoms with Crippen molar-refractivity contribution >= 4 is 17.5 Å². The standard InChI is InChI=1S/C16H18N8O/c1-3-17-13-8-11-9-23(7-5-12(11)20-21-13)15(25)14-19-16-18-6-4-10(2)24(16)22-14/h4,6,8H,3,5,7,9H2,1-2H3,(H,17,21). The maximum Gasteiger partial charge on any atom is 0.293 e. The molecule has 0 saturated heterocycles. The average molecular weight is 338 g/mol. The van der Waals surface area contributed by atoms with E-state index in [2.05, 4.69) is 30.6 Å². The number of rotatable bonds is 3. The van der Waals surface area contributed by atoms with Crippen molar-refractivity contribution in [3.05, 3.63) is 41.1 Å². The van der Waals surface area contributed by atoms with E-state index < -0.39 is 0 Å². The first-order chi connectivity index (χ1) is 12.2. The zero-order valence-electron chi connectivity index (χ0n) is 14.1. The number of anilines is 1. The van der Waals surface area contributed by atoms with Crippen LogP contribution < -0.4 is 5.32 Å². The van der Waals surface area contributed by atoms with Gasteiger partial charge < -0.3 is 10.2 Å². The summed E-state index contributed by atoms with van der Waals surface area (Å²) >= 11 is 0. The number of amides is 1. The molecule has 9 heteroatoms. The minimum atomic E-state index is -0.197. The fraction of sp³-hybridized carbons (Fsp3) is 0.375. The fourth-order valence-corrected chi connectivity index (χ4v) is 2.91. The predicted octanol–water partition coefficient (Wildman–Crippen LogP) is 0.853. The quantitative estimate of drug-likeness (QED) is 0.755. The second-order valence-corrected chi connectivity index (χ2v) is 5.94. The number of hydrogen-bond donors (Lipinski definition) is 1. The molecule has 9 nitrogen and oxygen atoms in total. The molecule has 0 aliphatic carbocycles. The molecular weight excluding hydrogens is 320 g/mol. The van der Waals surface area contributed by atoms with Gasteiger partial charge in [-0.05, 0) is 31.5 Å². The summed E-state index contributed by atoms with van der Waals surface area (Å²) in [6, 6.07) is 3.78. The van der Waals surface area contributed by atoms with Gasteiger partial charge >= 0.3 is 0 Å². The first-order valence-corrected chi connectivity index (χ1v) is 8.22. The van der Waals surface area contributed by atoms with E-state index >= 15 is 0 Å². The highest BCUT2D eigenvalue weighted by atomic mass is 16.2. The summed E-state index contributed by atoms with van der Waals surface area (Å²) < 4.78 is 1.58. The molecule has 0 spiro atoms. The number of fused-ring (bicyclic) bond motifs is 2. The third kappa shape index (κ3) is 2.77. The Morgan fingerprint density at radius 1 is 1.36 bits per heavy atom. The van der Waals surface area contributed by atoms with Crippen molar-refractivity contribution in [3.63, 3.8) is 0 Å². The fourth-order valence-electron chi connectivity index (χ4n) is 2.91. The monoisotopic (exact) mass is 338 g/mol. The second-order valence-electron chi connectivity index (χ2n) is 5.94. The van der Waals surface area contributed by atoms with Gasteiger partial charge in [-0.1, -0.05) is 0 Å². The van der Waals surface area contributed by atoms with Crippen molar-refractivity contribution in [1.82, 2.24) is 34.7 Å². The predicted molar refractivity (Wildman–Crippen MR) is 90.2 cm³/mol. The van der Waals surface area contributed by atoms with Gasteiger partial charge in [0.25, 0.3) is 11.7 Å². The Hall–Kier alpha value is -3.10. The molecule has 4 rings (SSSR count). The highest BCUT2D eigenvalue weighted by Crippen LogP contribution is 2.20. The van der Waals surface area contributed by atoms with Crippen LogP contribution in [0.1, 0.15) is 34.5 Å². The van der Waals surface area contributed by atoms with Crippen molar-refractivity contribution in [2.24, 2.45) is 0 Å². The Morgan fingerprint density at radius 3 is 3.04 bits per heavy atom.